The summed E-state index contributed by atoms with van der Waals surface area (Å²) in [5, 5.41) is 13.9. The van der Waals surface area contributed by atoms with Crippen molar-refractivity contribution in [3.05, 3.63) is 53.3 Å². The number of hydrogen-bond acceptors (Lipinski definition) is 7. The Hall–Kier alpha value is -3.60. The Morgan fingerprint density at radius 2 is 1.97 bits per heavy atom. The van der Waals surface area contributed by atoms with Crippen molar-refractivity contribution in [3.63, 3.8) is 0 Å². The molecule has 2 atom stereocenters. The average molecular weight is 479 g/mol. The highest BCUT2D eigenvalue weighted by molar-refractivity contribution is 6.02. The molecule has 0 aliphatic carbocycles. The minimum atomic E-state index is -1.14. The monoisotopic (exact) mass is 478 g/mol. The van der Waals surface area contributed by atoms with Crippen molar-refractivity contribution in [2.24, 2.45) is 5.73 Å². The molecule has 0 aromatic carbocycles. The van der Waals surface area contributed by atoms with E-state index < -0.39 is 48.1 Å². The lowest BCUT2D eigenvalue weighted by Crippen LogP contribution is -2.45. The topological polar surface area (TPSA) is 161 Å². The maximum atomic E-state index is 13.6. The van der Waals surface area contributed by atoms with Crippen LogP contribution in [-0.2, 0) is 25.7 Å². The first kappa shape index (κ1) is 28.4. The number of amides is 2. The standard InChI is InChI=1S/C23H31FN4O6/c1-4-7-8-9-14(12-20(29)30)34-23(33)17(6-3)28-21(31)16(5-2)27-22(32)18-11-10-15(24)19(13-25)26-18/h5,8-11,14,17H,4,6-7,12-13,25H2,1-3H3,(H,27,32)(H,28,31)(H,29,30)/b9-8+,16-5-/t14-,17+/m1/s1. The molecule has 0 saturated carbocycles. The number of rotatable bonds is 13. The largest absolute Gasteiger partial charge is 0.481 e. The summed E-state index contributed by atoms with van der Waals surface area (Å²) >= 11 is 0. The van der Waals surface area contributed by atoms with E-state index in [0.717, 1.165) is 18.6 Å². The van der Waals surface area contributed by atoms with Gasteiger partial charge in [-0.2, -0.15) is 0 Å². The third-order valence-corrected chi connectivity index (χ3v) is 4.57. The summed E-state index contributed by atoms with van der Waals surface area (Å²) in [7, 11) is 0. The molecular weight excluding hydrogens is 447 g/mol. The van der Waals surface area contributed by atoms with Crippen molar-refractivity contribution in [2.75, 3.05) is 0 Å². The van der Waals surface area contributed by atoms with Gasteiger partial charge in [0, 0.05) is 6.54 Å². The van der Waals surface area contributed by atoms with Gasteiger partial charge in [-0.05, 0) is 38.0 Å². The van der Waals surface area contributed by atoms with Gasteiger partial charge in [-0.3, -0.25) is 14.4 Å². The molecule has 186 valence electrons. The summed E-state index contributed by atoms with van der Waals surface area (Å²) in [5.74, 6) is -4.13. The third-order valence-electron chi connectivity index (χ3n) is 4.57. The fraction of sp³-hybridized carbons (Fsp3) is 0.435. The van der Waals surface area contributed by atoms with Crippen LogP contribution >= 0.6 is 0 Å². The predicted octanol–water partition coefficient (Wildman–Crippen LogP) is 1.95. The number of aromatic nitrogens is 1. The third kappa shape index (κ3) is 9.10. The zero-order valence-corrected chi connectivity index (χ0v) is 19.5. The maximum absolute atomic E-state index is 13.6. The van der Waals surface area contributed by atoms with Crippen LogP contribution in [0.15, 0.2) is 36.1 Å². The molecule has 5 N–H and O–H groups in total. The van der Waals surface area contributed by atoms with Crippen LogP contribution in [0.3, 0.4) is 0 Å². The molecule has 0 aliphatic heterocycles. The second-order valence-electron chi connectivity index (χ2n) is 7.21. The lowest BCUT2D eigenvalue weighted by Gasteiger charge is -2.20. The number of carbonyl (C=O) groups excluding carboxylic acids is 3. The van der Waals surface area contributed by atoms with Crippen molar-refractivity contribution >= 4 is 23.8 Å². The second-order valence-corrected chi connectivity index (χ2v) is 7.21. The molecule has 0 aliphatic rings. The molecule has 1 rings (SSSR count). The highest BCUT2D eigenvalue weighted by Gasteiger charge is 2.26. The van der Waals surface area contributed by atoms with Gasteiger partial charge in [0.15, 0.2) is 0 Å². The summed E-state index contributed by atoms with van der Waals surface area (Å²) in [5.41, 5.74) is 4.99. The molecular formula is C23H31FN4O6. The average Bonchev–Trinajstić information content (AvgIpc) is 2.80. The first-order valence-electron chi connectivity index (χ1n) is 10.9. The number of nitrogens with zero attached hydrogens (tertiary/aromatic N) is 1. The highest BCUT2D eigenvalue weighted by Crippen LogP contribution is 2.09. The van der Waals surface area contributed by atoms with Crippen LogP contribution in [0.25, 0.3) is 0 Å². The van der Waals surface area contributed by atoms with Crippen molar-refractivity contribution in [3.8, 4) is 0 Å². The van der Waals surface area contributed by atoms with E-state index in [2.05, 4.69) is 15.6 Å². The number of carboxylic acid groups (broad SMARTS) is 1. The van der Waals surface area contributed by atoms with Crippen LogP contribution in [0.1, 0.15) is 62.6 Å². The molecule has 1 aromatic heterocycles. The van der Waals surface area contributed by atoms with E-state index in [4.69, 9.17) is 15.6 Å². The Kier molecular flexibility index (Phi) is 12.1. The Bertz CT molecular complexity index is 947. The molecule has 0 saturated heterocycles. The quantitative estimate of drug-likeness (QED) is 0.190. The van der Waals surface area contributed by atoms with Gasteiger partial charge >= 0.3 is 11.9 Å². The van der Waals surface area contributed by atoms with E-state index in [1.807, 2.05) is 6.92 Å². The zero-order chi connectivity index (χ0) is 25.7. The van der Waals surface area contributed by atoms with Crippen molar-refractivity contribution in [1.82, 2.24) is 15.6 Å². The summed E-state index contributed by atoms with van der Waals surface area (Å²) in [6, 6.07) is 1.11. The number of nitrogens with two attached hydrogens (primary N) is 1. The number of halogens is 1. The van der Waals surface area contributed by atoms with Gasteiger partial charge in [-0.15, -0.1) is 0 Å². The minimum Gasteiger partial charge on any atom is -0.481 e. The van der Waals surface area contributed by atoms with Crippen molar-refractivity contribution in [1.29, 1.82) is 0 Å². The summed E-state index contributed by atoms with van der Waals surface area (Å²) in [6.07, 6.45) is 4.86. The number of unbranched alkanes of at least 4 members (excludes halogenated alkanes) is 1. The van der Waals surface area contributed by atoms with E-state index in [1.54, 1.807) is 13.0 Å². The summed E-state index contributed by atoms with van der Waals surface area (Å²) < 4.78 is 18.8. The summed E-state index contributed by atoms with van der Waals surface area (Å²) in [4.78, 5) is 52.6. The highest BCUT2D eigenvalue weighted by atomic mass is 19.1. The van der Waals surface area contributed by atoms with Crippen molar-refractivity contribution < 1.29 is 33.4 Å². The van der Waals surface area contributed by atoms with Gasteiger partial charge in [-0.25, -0.2) is 14.2 Å². The van der Waals surface area contributed by atoms with Crippen LogP contribution in [0.4, 0.5) is 4.39 Å². The van der Waals surface area contributed by atoms with E-state index in [9.17, 15) is 23.6 Å². The van der Waals surface area contributed by atoms with E-state index in [1.165, 1.54) is 19.1 Å². The van der Waals surface area contributed by atoms with Crippen LogP contribution in [0.5, 0.6) is 0 Å². The van der Waals surface area contributed by atoms with Gasteiger partial charge in [0.25, 0.3) is 11.8 Å². The van der Waals surface area contributed by atoms with E-state index >= 15 is 0 Å². The fourth-order valence-electron chi connectivity index (χ4n) is 2.73. The number of pyridine rings is 1. The Labute approximate surface area is 197 Å². The summed E-state index contributed by atoms with van der Waals surface area (Å²) in [6.45, 7) is 4.88. The van der Waals surface area contributed by atoms with Crippen LogP contribution in [0.2, 0.25) is 0 Å². The number of carboxylic acids is 1. The predicted molar refractivity (Wildman–Crippen MR) is 122 cm³/mol. The zero-order valence-electron chi connectivity index (χ0n) is 19.5. The number of allylic oxidation sites excluding steroid dienone is 2. The number of carbonyl (C=O) groups is 4. The smallest absolute Gasteiger partial charge is 0.329 e. The number of esters is 1. The number of aliphatic carboxylic acids is 1. The van der Waals surface area contributed by atoms with Gasteiger partial charge in [0.05, 0.1) is 12.1 Å². The van der Waals surface area contributed by atoms with E-state index in [-0.39, 0.29) is 30.1 Å². The molecule has 0 radical (unpaired) electrons. The Balaban J connectivity index is 2.86. The lowest BCUT2D eigenvalue weighted by atomic mass is 10.2. The molecule has 34 heavy (non-hydrogen) atoms. The molecule has 0 fully saturated rings. The SMILES string of the molecule is C/C=C(\NC(=O)c1ccc(F)c(CN)n1)C(=O)N[C@@H](CC)C(=O)O[C@H](/C=C/CCC)CC(=O)O. The normalized spacial score (nSPS) is 13.3. The molecule has 0 spiro atoms. The molecule has 0 bridgehead atoms. The number of hydrogen-bond donors (Lipinski definition) is 4. The molecule has 1 heterocycles. The molecule has 10 nitrogen and oxygen atoms in total. The fourth-order valence-corrected chi connectivity index (χ4v) is 2.73. The van der Waals surface area contributed by atoms with Gasteiger partial charge < -0.3 is 26.2 Å². The van der Waals surface area contributed by atoms with Crippen molar-refractivity contribution in [2.45, 2.75) is 65.1 Å². The van der Waals surface area contributed by atoms with Crippen LogP contribution in [0, 0.1) is 5.82 Å². The van der Waals surface area contributed by atoms with Gasteiger partial charge in [0.1, 0.15) is 29.4 Å². The lowest BCUT2D eigenvalue weighted by molar-refractivity contribution is -0.153. The molecule has 1 aromatic rings. The number of nitrogens with one attached hydrogen (secondary N) is 2. The molecule has 11 heteroatoms. The Morgan fingerprint density at radius 1 is 1.26 bits per heavy atom. The minimum absolute atomic E-state index is 0.100. The van der Waals surface area contributed by atoms with E-state index in [0.29, 0.717) is 6.42 Å². The van der Waals surface area contributed by atoms with Crippen LogP contribution < -0.4 is 16.4 Å². The molecule has 0 unspecified atom stereocenters. The molecule has 2 amide bonds. The maximum Gasteiger partial charge on any atom is 0.329 e. The second kappa shape index (κ2) is 14.5. The Morgan fingerprint density at radius 3 is 2.53 bits per heavy atom. The van der Waals surface area contributed by atoms with Gasteiger partial charge in [-0.1, -0.05) is 32.4 Å². The van der Waals surface area contributed by atoms with Gasteiger partial charge in [0.2, 0.25) is 0 Å². The first-order valence-corrected chi connectivity index (χ1v) is 10.9. The van der Waals surface area contributed by atoms with Crippen LogP contribution in [-0.4, -0.2) is 46.0 Å². The first-order chi connectivity index (χ1) is 16.2. The number of ether oxygens (including phenoxy) is 1.